The third kappa shape index (κ3) is 4.23. The smallest absolute Gasteiger partial charge is 0.161 e. The zero-order chi connectivity index (χ0) is 21.3. The Bertz CT molecular complexity index is 897. The molecule has 0 saturated carbocycles. The standard InChI is InChI=1S/C23H28ClNO5/c1-28-21-5-3-15(11-22(21)29-2)19(27)14-25-9-7-23(8-10-25)13-18(26)17-12-16(24)4-6-20(17)30-23/h3-6,11-12,18-19,26-27H,7-10,13-14H2,1-2H3/t18-,19-/m0/s1. The Balaban J connectivity index is 1.39. The summed E-state index contributed by atoms with van der Waals surface area (Å²) >= 11 is 6.06. The summed E-state index contributed by atoms with van der Waals surface area (Å²) in [5.74, 6) is 1.97. The van der Waals surface area contributed by atoms with Crippen LogP contribution in [0.3, 0.4) is 0 Å². The molecule has 0 unspecified atom stereocenters. The first-order valence-electron chi connectivity index (χ1n) is 10.2. The fourth-order valence-corrected chi connectivity index (χ4v) is 4.65. The molecule has 0 aromatic heterocycles. The molecule has 30 heavy (non-hydrogen) atoms. The molecule has 0 bridgehead atoms. The van der Waals surface area contributed by atoms with Gasteiger partial charge in [0.15, 0.2) is 11.5 Å². The maximum atomic E-state index is 10.7. The topological polar surface area (TPSA) is 71.4 Å². The summed E-state index contributed by atoms with van der Waals surface area (Å²) in [6, 6.07) is 10.9. The monoisotopic (exact) mass is 433 g/mol. The van der Waals surface area contributed by atoms with Gasteiger partial charge in [-0.25, -0.2) is 0 Å². The second kappa shape index (κ2) is 8.63. The molecule has 2 heterocycles. The number of rotatable bonds is 5. The highest BCUT2D eigenvalue weighted by Gasteiger charge is 2.43. The highest BCUT2D eigenvalue weighted by Crippen LogP contribution is 2.45. The number of methoxy groups -OCH3 is 2. The van der Waals surface area contributed by atoms with Crippen molar-refractivity contribution in [3.05, 3.63) is 52.5 Å². The SMILES string of the molecule is COc1ccc([C@@H](O)CN2CCC3(CC2)C[C@H](O)c2cc(Cl)ccc2O3)cc1OC. The van der Waals surface area contributed by atoms with Crippen molar-refractivity contribution in [2.24, 2.45) is 0 Å². The second-order valence-corrected chi connectivity index (χ2v) is 8.55. The first kappa shape index (κ1) is 21.2. The number of aliphatic hydroxyl groups is 2. The van der Waals surface area contributed by atoms with Crippen LogP contribution in [0.4, 0.5) is 0 Å². The van der Waals surface area contributed by atoms with E-state index in [1.807, 2.05) is 24.3 Å². The van der Waals surface area contributed by atoms with Gasteiger partial charge in [0, 0.05) is 36.6 Å². The van der Waals surface area contributed by atoms with E-state index in [9.17, 15) is 10.2 Å². The highest BCUT2D eigenvalue weighted by atomic mass is 35.5. The van der Waals surface area contributed by atoms with Crippen LogP contribution in [-0.2, 0) is 0 Å². The number of piperidine rings is 1. The van der Waals surface area contributed by atoms with Gasteiger partial charge in [0.2, 0.25) is 0 Å². The van der Waals surface area contributed by atoms with Crippen LogP contribution < -0.4 is 14.2 Å². The number of halogens is 1. The minimum Gasteiger partial charge on any atom is -0.493 e. The van der Waals surface area contributed by atoms with E-state index in [-0.39, 0.29) is 5.60 Å². The number of hydrogen-bond donors (Lipinski definition) is 2. The van der Waals surface area contributed by atoms with Crippen molar-refractivity contribution in [3.63, 3.8) is 0 Å². The lowest BCUT2D eigenvalue weighted by Gasteiger charge is -2.46. The minimum atomic E-state index is -0.625. The predicted molar refractivity (Wildman–Crippen MR) is 115 cm³/mol. The van der Waals surface area contributed by atoms with E-state index in [4.69, 9.17) is 25.8 Å². The number of ether oxygens (including phenoxy) is 3. The van der Waals surface area contributed by atoms with Crippen LogP contribution in [0, 0.1) is 0 Å². The van der Waals surface area contributed by atoms with Gasteiger partial charge in [-0.2, -0.15) is 0 Å². The summed E-state index contributed by atoms with van der Waals surface area (Å²) in [6.45, 7) is 2.11. The van der Waals surface area contributed by atoms with Gasteiger partial charge >= 0.3 is 0 Å². The van der Waals surface area contributed by atoms with Gasteiger partial charge in [-0.1, -0.05) is 17.7 Å². The van der Waals surface area contributed by atoms with Gasteiger partial charge in [-0.05, 0) is 48.7 Å². The van der Waals surface area contributed by atoms with Crippen molar-refractivity contribution in [1.82, 2.24) is 4.90 Å². The number of nitrogens with zero attached hydrogens (tertiary/aromatic N) is 1. The van der Waals surface area contributed by atoms with Crippen LogP contribution in [0.15, 0.2) is 36.4 Å². The maximum Gasteiger partial charge on any atom is 0.161 e. The fraction of sp³-hybridized carbons (Fsp3) is 0.478. The minimum absolute atomic E-state index is 0.370. The molecule has 2 aliphatic rings. The van der Waals surface area contributed by atoms with Crippen LogP contribution in [0.2, 0.25) is 5.02 Å². The van der Waals surface area contributed by atoms with E-state index in [1.165, 1.54) is 0 Å². The lowest BCUT2D eigenvalue weighted by Crippen LogP contribution is -2.51. The summed E-state index contributed by atoms with van der Waals surface area (Å²) in [5.41, 5.74) is 1.19. The van der Waals surface area contributed by atoms with Crippen LogP contribution in [0.1, 0.15) is 42.6 Å². The van der Waals surface area contributed by atoms with Crippen molar-refractivity contribution in [1.29, 1.82) is 0 Å². The molecule has 1 spiro atoms. The van der Waals surface area contributed by atoms with E-state index in [1.54, 1.807) is 26.4 Å². The lowest BCUT2D eigenvalue weighted by molar-refractivity contribution is -0.0587. The first-order chi connectivity index (χ1) is 14.4. The molecule has 1 fully saturated rings. The molecule has 2 aliphatic heterocycles. The van der Waals surface area contributed by atoms with Crippen molar-refractivity contribution in [2.75, 3.05) is 33.9 Å². The zero-order valence-corrected chi connectivity index (χ0v) is 18.1. The lowest BCUT2D eigenvalue weighted by atomic mass is 9.81. The number of likely N-dealkylation sites (tertiary alicyclic amines) is 1. The Morgan fingerprint density at radius 3 is 2.57 bits per heavy atom. The summed E-state index contributed by atoms with van der Waals surface area (Å²) in [6.07, 6.45) is 0.957. The van der Waals surface area contributed by atoms with Gasteiger partial charge in [-0.3, -0.25) is 0 Å². The maximum absolute atomic E-state index is 10.7. The second-order valence-electron chi connectivity index (χ2n) is 8.12. The number of benzene rings is 2. The van der Waals surface area contributed by atoms with E-state index < -0.39 is 12.2 Å². The molecule has 6 nitrogen and oxygen atoms in total. The van der Waals surface area contributed by atoms with Crippen LogP contribution in [0.5, 0.6) is 17.2 Å². The summed E-state index contributed by atoms with van der Waals surface area (Å²) in [7, 11) is 3.18. The van der Waals surface area contributed by atoms with Gasteiger partial charge < -0.3 is 29.3 Å². The first-order valence-corrected chi connectivity index (χ1v) is 10.6. The number of fused-ring (bicyclic) bond motifs is 1. The summed E-state index contributed by atoms with van der Waals surface area (Å²) < 4.78 is 16.9. The van der Waals surface area contributed by atoms with E-state index in [0.29, 0.717) is 29.5 Å². The van der Waals surface area contributed by atoms with Gasteiger partial charge in [0.25, 0.3) is 0 Å². The van der Waals surface area contributed by atoms with E-state index >= 15 is 0 Å². The van der Waals surface area contributed by atoms with Crippen molar-refractivity contribution in [3.8, 4) is 17.2 Å². The van der Waals surface area contributed by atoms with Crippen molar-refractivity contribution < 1.29 is 24.4 Å². The summed E-state index contributed by atoms with van der Waals surface area (Å²) in [4.78, 5) is 2.24. The van der Waals surface area contributed by atoms with Crippen molar-refractivity contribution in [2.45, 2.75) is 37.1 Å². The van der Waals surface area contributed by atoms with Crippen LogP contribution >= 0.6 is 11.6 Å². The van der Waals surface area contributed by atoms with Crippen LogP contribution in [-0.4, -0.2) is 54.6 Å². The number of β-amino-alcohol motifs (C(OH)–C–C–N with tert-alkyl or cyclic N) is 1. The third-order valence-electron chi connectivity index (χ3n) is 6.21. The molecule has 7 heteroatoms. The van der Waals surface area contributed by atoms with Crippen molar-refractivity contribution >= 4 is 11.6 Å². The van der Waals surface area contributed by atoms with Crippen LogP contribution in [0.25, 0.3) is 0 Å². The Morgan fingerprint density at radius 1 is 1.13 bits per heavy atom. The Kier molecular flexibility index (Phi) is 6.11. The molecule has 1 saturated heterocycles. The largest absolute Gasteiger partial charge is 0.493 e. The molecular weight excluding hydrogens is 406 g/mol. The normalized spacial score (nSPS) is 21.6. The molecule has 4 rings (SSSR count). The molecule has 0 aliphatic carbocycles. The number of aliphatic hydroxyl groups excluding tert-OH is 2. The highest BCUT2D eigenvalue weighted by molar-refractivity contribution is 6.30. The van der Waals surface area contributed by atoms with E-state index in [2.05, 4.69) is 4.90 Å². The molecule has 0 amide bonds. The molecule has 2 aromatic carbocycles. The average molecular weight is 434 g/mol. The van der Waals surface area contributed by atoms with Gasteiger partial charge in [0.1, 0.15) is 11.4 Å². The molecule has 2 aromatic rings. The van der Waals surface area contributed by atoms with Gasteiger partial charge in [0.05, 0.1) is 26.4 Å². The quantitative estimate of drug-likeness (QED) is 0.748. The molecular formula is C23H28ClNO5. The third-order valence-corrected chi connectivity index (χ3v) is 6.45. The fourth-order valence-electron chi connectivity index (χ4n) is 4.47. The Morgan fingerprint density at radius 2 is 1.87 bits per heavy atom. The average Bonchev–Trinajstić information content (AvgIpc) is 2.75. The number of hydrogen-bond acceptors (Lipinski definition) is 6. The molecule has 0 radical (unpaired) electrons. The molecule has 2 atom stereocenters. The van der Waals surface area contributed by atoms with E-state index in [0.717, 1.165) is 42.8 Å². The molecule has 162 valence electrons. The Labute approximate surface area is 181 Å². The predicted octanol–water partition coefficient (Wildman–Crippen LogP) is 3.74. The van der Waals surface area contributed by atoms with Gasteiger partial charge in [-0.15, -0.1) is 0 Å². The zero-order valence-electron chi connectivity index (χ0n) is 17.3. The molecule has 2 N–H and O–H groups in total. The summed E-state index contributed by atoms with van der Waals surface area (Å²) in [5, 5.41) is 22.0. The Hall–Kier alpha value is -1.99.